The van der Waals surface area contributed by atoms with Crippen LogP contribution in [-0.4, -0.2) is 25.4 Å². The number of carbonyl (C=O) groups is 1. The van der Waals surface area contributed by atoms with Crippen LogP contribution in [0.1, 0.15) is 22.3 Å². The molecular weight excluding hydrogens is 400 g/mol. The first-order valence-corrected chi connectivity index (χ1v) is 10.7. The van der Waals surface area contributed by atoms with E-state index < -0.39 is 15.9 Å². The summed E-state index contributed by atoms with van der Waals surface area (Å²) in [6.07, 6.45) is 1.93. The molecule has 30 heavy (non-hydrogen) atoms. The molecule has 0 radical (unpaired) electrons. The van der Waals surface area contributed by atoms with Crippen molar-refractivity contribution in [3.8, 4) is 6.07 Å². The van der Waals surface area contributed by atoms with Crippen LogP contribution in [0.2, 0.25) is 0 Å². The normalized spacial score (nSPS) is 11.8. The molecule has 0 fully saturated rings. The summed E-state index contributed by atoms with van der Waals surface area (Å²) in [5, 5.41) is 8.52. The lowest BCUT2D eigenvalue weighted by Gasteiger charge is -2.07. The molecule has 2 aromatic carbocycles. The molecule has 0 aliphatic carbocycles. The van der Waals surface area contributed by atoms with Crippen molar-refractivity contribution in [3.63, 3.8) is 0 Å². The second-order valence-electron chi connectivity index (χ2n) is 6.42. The van der Waals surface area contributed by atoms with Crippen molar-refractivity contribution in [3.05, 3.63) is 95.6 Å². The summed E-state index contributed by atoms with van der Waals surface area (Å²) in [5.74, 6) is -0.468. The smallest absolute Gasteiger partial charge is 0.278 e. The highest BCUT2D eigenvalue weighted by Gasteiger charge is 2.14. The summed E-state index contributed by atoms with van der Waals surface area (Å²) in [7, 11) is -3.72. The molecule has 3 rings (SSSR count). The Bertz CT molecular complexity index is 1230. The monoisotopic (exact) mass is 420 g/mol. The second-order valence-corrected chi connectivity index (χ2v) is 8.19. The van der Waals surface area contributed by atoms with Crippen molar-refractivity contribution in [2.24, 2.45) is 4.99 Å². The fraction of sp³-hybridized carbons (Fsp3) is 0.136. The molecule has 0 saturated carbocycles. The van der Waals surface area contributed by atoms with E-state index in [1.165, 1.54) is 24.3 Å². The zero-order valence-electron chi connectivity index (χ0n) is 16.1. The molecule has 0 unspecified atom stereocenters. The van der Waals surface area contributed by atoms with Gasteiger partial charge >= 0.3 is 0 Å². The van der Waals surface area contributed by atoms with E-state index >= 15 is 0 Å². The van der Waals surface area contributed by atoms with Gasteiger partial charge < -0.3 is 4.57 Å². The predicted molar refractivity (Wildman–Crippen MR) is 112 cm³/mol. The first-order valence-electron chi connectivity index (χ1n) is 9.25. The van der Waals surface area contributed by atoms with E-state index in [1.807, 2.05) is 53.2 Å². The van der Waals surface area contributed by atoms with Gasteiger partial charge in [0.1, 0.15) is 5.49 Å². The maximum atomic E-state index is 12.6. The highest BCUT2D eigenvalue weighted by atomic mass is 32.2. The van der Waals surface area contributed by atoms with E-state index in [0.29, 0.717) is 12.0 Å². The lowest BCUT2D eigenvalue weighted by atomic mass is 10.2. The van der Waals surface area contributed by atoms with E-state index in [2.05, 4.69) is 9.71 Å². The number of hydrogen-bond donors (Lipinski definition) is 1. The van der Waals surface area contributed by atoms with Gasteiger partial charge in [0.2, 0.25) is 10.0 Å². The molecule has 0 aliphatic rings. The van der Waals surface area contributed by atoms with Crippen LogP contribution in [-0.2, 0) is 16.6 Å². The van der Waals surface area contributed by atoms with Gasteiger partial charge in [0, 0.05) is 31.3 Å². The van der Waals surface area contributed by atoms with Crippen LogP contribution < -0.4 is 10.2 Å². The summed E-state index contributed by atoms with van der Waals surface area (Å²) >= 11 is 0. The van der Waals surface area contributed by atoms with Gasteiger partial charge in [-0.3, -0.25) is 4.79 Å². The third-order valence-electron chi connectivity index (χ3n) is 4.27. The minimum atomic E-state index is -3.72. The summed E-state index contributed by atoms with van der Waals surface area (Å²) in [6.45, 7) is 0.601. The Morgan fingerprint density at radius 2 is 1.70 bits per heavy atom. The quantitative estimate of drug-likeness (QED) is 0.593. The van der Waals surface area contributed by atoms with Gasteiger partial charge in [-0.15, -0.1) is 0 Å². The average Bonchev–Trinajstić information content (AvgIpc) is 2.76. The summed E-state index contributed by atoms with van der Waals surface area (Å²) in [6, 6.07) is 22.7. The third kappa shape index (κ3) is 5.50. The number of sulfonamides is 1. The number of aromatic nitrogens is 1. The molecule has 0 bridgehead atoms. The van der Waals surface area contributed by atoms with Crippen molar-refractivity contribution in [1.29, 1.82) is 5.26 Å². The maximum absolute atomic E-state index is 12.6. The molecule has 0 atom stereocenters. The standard InChI is InChI=1S/C22H20N4O3S/c23-14-6-15-24-30(28,29)20-12-10-19(11-13-20)22(27)25-21-9-4-5-16-26(21)17-18-7-2-1-3-8-18/h1-5,7-13,16,24H,6,15,17H2. The molecular formula is C22H20N4O3S. The molecule has 1 aromatic heterocycles. The molecule has 1 N–H and O–H groups in total. The fourth-order valence-electron chi connectivity index (χ4n) is 2.75. The SMILES string of the molecule is N#CCCNS(=O)(=O)c1ccc(C(=O)N=c2ccccn2Cc2ccccc2)cc1. The lowest BCUT2D eigenvalue weighted by Crippen LogP contribution is -2.24. The van der Waals surface area contributed by atoms with E-state index in [4.69, 9.17) is 5.26 Å². The van der Waals surface area contributed by atoms with Crippen LogP contribution >= 0.6 is 0 Å². The van der Waals surface area contributed by atoms with Crippen molar-refractivity contribution in [2.75, 3.05) is 6.54 Å². The average molecular weight is 420 g/mol. The van der Waals surface area contributed by atoms with Crippen LogP contribution in [0.4, 0.5) is 0 Å². The Morgan fingerprint density at radius 3 is 2.40 bits per heavy atom. The molecule has 0 aliphatic heterocycles. The number of nitrogens with one attached hydrogen (secondary N) is 1. The van der Waals surface area contributed by atoms with E-state index in [-0.39, 0.29) is 23.4 Å². The van der Waals surface area contributed by atoms with Gasteiger partial charge in [0.25, 0.3) is 5.91 Å². The highest BCUT2D eigenvalue weighted by molar-refractivity contribution is 7.89. The summed E-state index contributed by atoms with van der Waals surface area (Å²) < 4.78 is 28.5. The molecule has 7 nitrogen and oxygen atoms in total. The number of pyridine rings is 1. The van der Waals surface area contributed by atoms with Crippen molar-refractivity contribution >= 4 is 15.9 Å². The Morgan fingerprint density at radius 1 is 1.00 bits per heavy atom. The largest absolute Gasteiger partial charge is 0.328 e. The van der Waals surface area contributed by atoms with E-state index in [1.54, 1.807) is 12.1 Å². The number of amides is 1. The Kier molecular flexibility index (Phi) is 6.91. The van der Waals surface area contributed by atoms with E-state index in [0.717, 1.165) is 5.56 Å². The van der Waals surface area contributed by atoms with E-state index in [9.17, 15) is 13.2 Å². The van der Waals surface area contributed by atoms with Gasteiger partial charge in [-0.25, -0.2) is 13.1 Å². The van der Waals surface area contributed by atoms with Crippen LogP contribution in [0, 0.1) is 11.3 Å². The van der Waals surface area contributed by atoms with Gasteiger partial charge in [0.15, 0.2) is 0 Å². The number of hydrogen-bond acceptors (Lipinski definition) is 4. The van der Waals surface area contributed by atoms with Crippen molar-refractivity contribution in [1.82, 2.24) is 9.29 Å². The summed E-state index contributed by atoms with van der Waals surface area (Å²) in [5.41, 5.74) is 1.86. The number of nitrogens with zero attached hydrogens (tertiary/aromatic N) is 3. The third-order valence-corrected chi connectivity index (χ3v) is 5.75. The zero-order chi connectivity index (χ0) is 21.4. The number of benzene rings is 2. The lowest BCUT2D eigenvalue weighted by molar-refractivity contribution is 0.0997. The second kappa shape index (κ2) is 9.78. The van der Waals surface area contributed by atoms with Gasteiger partial charge in [0.05, 0.1) is 11.0 Å². The number of carbonyl (C=O) groups excluding carboxylic acids is 1. The minimum absolute atomic E-state index is 0.0239. The topological polar surface area (TPSA) is 104 Å². The van der Waals surface area contributed by atoms with Crippen molar-refractivity contribution in [2.45, 2.75) is 17.9 Å². The van der Waals surface area contributed by atoms with Crippen LogP contribution in [0.5, 0.6) is 0 Å². The molecule has 8 heteroatoms. The molecule has 0 spiro atoms. The maximum Gasteiger partial charge on any atom is 0.278 e. The molecule has 1 amide bonds. The van der Waals surface area contributed by atoms with Crippen LogP contribution in [0.3, 0.4) is 0 Å². The number of nitriles is 1. The molecule has 152 valence electrons. The first kappa shape index (κ1) is 21.2. The van der Waals surface area contributed by atoms with Gasteiger partial charge in [-0.2, -0.15) is 10.3 Å². The Balaban J connectivity index is 1.81. The van der Waals surface area contributed by atoms with Crippen LogP contribution in [0.15, 0.2) is 88.9 Å². The van der Waals surface area contributed by atoms with Crippen LogP contribution in [0.25, 0.3) is 0 Å². The summed E-state index contributed by atoms with van der Waals surface area (Å²) in [4.78, 5) is 16.8. The Hall–Kier alpha value is -3.54. The first-order chi connectivity index (χ1) is 14.5. The van der Waals surface area contributed by atoms with Crippen molar-refractivity contribution < 1.29 is 13.2 Å². The predicted octanol–water partition coefficient (Wildman–Crippen LogP) is 2.47. The number of rotatable bonds is 7. The Labute approximate surface area is 175 Å². The minimum Gasteiger partial charge on any atom is -0.328 e. The molecule has 0 saturated heterocycles. The van der Waals surface area contributed by atoms with Gasteiger partial charge in [-0.1, -0.05) is 36.4 Å². The van der Waals surface area contributed by atoms with Gasteiger partial charge in [-0.05, 0) is 42.0 Å². The molecule has 3 aromatic rings. The highest BCUT2D eigenvalue weighted by Crippen LogP contribution is 2.11. The fourth-order valence-corrected chi connectivity index (χ4v) is 3.78. The zero-order valence-corrected chi connectivity index (χ0v) is 16.9. The molecule has 1 heterocycles.